The quantitative estimate of drug-likeness (QED) is 0.621. The van der Waals surface area contributed by atoms with Crippen molar-refractivity contribution in [1.29, 1.82) is 0 Å². The molecule has 0 aromatic carbocycles. The maximum Gasteiger partial charge on any atom is 0.411 e. The molecule has 0 radical (unpaired) electrons. The molecule has 0 aliphatic rings. The van der Waals surface area contributed by atoms with Crippen LogP contribution in [0.4, 0.5) is 4.79 Å². The predicted molar refractivity (Wildman–Crippen MR) is 55.1 cm³/mol. The van der Waals surface area contributed by atoms with Crippen molar-refractivity contribution in [3.8, 4) is 0 Å². The first-order valence-electron chi connectivity index (χ1n) is 5.06. The van der Waals surface area contributed by atoms with Gasteiger partial charge in [0.05, 0.1) is 6.10 Å². The molecule has 0 atom stereocenters. The number of carbonyl (C=O) groups excluding carboxylic acids is 1. The highest BCUT2D eigenvalue weighted by atomic mass is 16.6. The highest BCUT2D eigenvalue weighted by Crippen LogP contribution is 2.01. The molecular weight excluding hydrogens is 182 g/mol. The molecule has 0 heterocycles. The molecule has 0 aliphatic heterocycles. The molecule has 0 spiro atoms. The molecule has 0 unspecified atom stereocenters. The minimum atomic E-state index is -0.296. The van der Waals surface area contributed by atoms with Crippen LogP contribution in [0.1, 0.15) is 33.6 Å². The van der Waals surface area contributed by atoms with Crippen LogP contribution in [-0.4, -0.2) is 37.5 Å². The van der Waals surface area contributed by atoms with Crippen molar-refractivity contribution in [3.05, 3.63) is 0 Å². The zero-order chi connectivity index (χ0) is 11.0. The van der Waals surface area contributed by atoms with Crippen molar-refractivity contribution < 1.29 is 14.3 Å². The van der Waals surface area contributed by atoms with Crippen LogP contribution in [-0.2, 0) is 9.47 Å². The van der Waals surface area contributed by atoms with E-state index in [4.69, 9.17) is 9.47 Å². The lowest BCUT2D eigenvalue weighted by molar-refractivity contribution is 0.0280. The first kappa shape index (κ1) is 13.2. The summed E-state index contributed by atoms with van der Waals surface area (Å²) in [5, 5.41) is 0. The molecule has 0 aromatic rings. The van der Waals surface area contributed by atoms with Crippen molar-refractivity contribution in [2.45, 2.75) is 39.7 Å². The molecule has 0 bridgehead atoms. The summed E-state index contributed by atoms with van der Waals surface area (Å²) in [7, 11) is 1.57. The van der Waals surface area contributed by atoms with Gasteiger partial charge in [-0.05, 0) is 20.3 Å². The second kappa shape index (κ2) is 7.62. The van der Waals surface area contributed by atoms with Gasteiger partial charge in [-0.1, -0.05) is 13.3 Å². The van der Waals surface area contributed by atoms with Gasteiger partial charge in [-0.25, -0.2) is 4.79 Å². The number of carbonyl (C=O) groups is 1. The van der Waals surface area contributed by atoms with E-state index in [9.17, 15) is 4.79 Å². The smallest absolute Gasteiger partial charge is 0.411 e. The van der Waals surface area contributed by atoms with E-state index in [2.05, 4.69) is 6.92 Å². The summed E-state index contributed by atoms with van der Waals surface area (Å²) in [6.07, 6.45) is 1.64. The lowest BCUT2D eigenvalue weighted by atomic mass is 10.3. The summed E-state index contributed by atoms with van der Waals surface area (Å²) < 4.78 is 10.00. The van der Waals surface area contributed by atoms with E-state index in [-0.39, 0.29) is 12.2 Å². The van der Waals surface area contributed by atoms with Gasteiger partial charge in [-0.15, -0.1) is 0 Å². The third kappa shape index (κ3) is 5.80. The molecular formula is C10H21NO3. The fourth-order valence-corrected chi connectivity index (χ4v) is 0.990. The van der Waals surface area contributed by atoms with Crippen molar-refractivity contribution in [2.24, 2.45) is 0 Å². The first-order chi connectivity index (χ1) is 6.61. The van der Waals surface area contributed by atoms with Crippen LogP contribution >= 0.6 is 0 Å². The fourth-order valence-electron chi connectivity index (χ4n) is 0.990. The Hall–Kier alpha value is -0.770. The lowest BCUT2D eigenvalue weighted by Gasteiger charge is -2.22. The van der Waals surface area contributed by atoms with Crippen LogP contribution in [0.25, 0.3) is 0 Å². The van der Waals surface area contributed by atoms with Crippen LogP contribution in [0, 0.1) is 0 Å². The number of ether oxygens (including phenoxy) is 2. The Bertz CT molecular complexity index is 159. The molecule has 0 N–H and O–H groups in total. The standard InChI is InChI=1S/C10H21NO3/c1-5-6-7-11(8-13-4)10(12)14-9(2)3/h9H,5-8H2,1-4H3. The highest BCUT2D eigenvalue weighted by molar-refractivity contribution is 5.67. The Labute approximate surface area is 86.2 Å². The molecule has 4 nitrogen and oxygen atoms in total. The van der Waals surface area contributed by atoms with Gasteiger partial charge in [0.2, 0.25) is 0 Å². The molecule has 4 heteroatoms. The third-order valence-electron chi connectivity index (χ3n) is 1.66. The van der Waals surface area contributed by atoms with Crippen molar-refractivity contribution in [3.63, 3.8) is 0 Å². The van der Waals surface area contributed by atoms with Gasteiger partial charge in [0.25, 0.3) is 0 Å². The van der Waals surface area contributed by atoms with E-state index in [1.165, 1.54) is 0 Å². The minimum absolute atomic E-state index is 0.0801. The minimum Gasteiger partial charge on any atom is -0.447 e. The summed E-state index contributed by atoms with van der Waals surface area (Å²) in [5.41, 5.74) is 0. The Morgan fingerprint density at radius 1 is 1.43 bits per heavy atom. The number of nitrogens with zero attached hydrogens (tertiary/aromatic N) is 1. The van der Waals surface area contributed by atoms with Crippen LogP contribution in [0.3, 0.4) is 0 Å². The van der Waals surface area contributed by atoms with Crippen molar-refractivity contribution >= 4 is 6.09 Å². The van der Waals surface area contributed by atoms with E-state index in [1.54, 1.807) is 12.0 Å². The number of hydrogen-bond acceptors (Lipinski definition) is 3. The number of methoxy groups -OCH3 is 1. The lowest BCUT2D eigenvalue weighted by Crippen LogP contribution is -2.35. The van der Waals surface area contributed by atoms with Crippen LogP contribution < -0.4 is 0 Å². The SMILES string of the molecule is CCCCN(COC)C(=O)OC(C)C. The Morgan fingerprint density at radius 3 is 2.50 bits per heavy atom. The van der Waals surface area contributed by atoms with Gasteiger partial charge in [0.1, 0.15) is 6.73 Å². The summed E-state index contributed by atoms with van der Waals surface area (Å²) in [6.45, 7) is 6.74. The number of hydrogen-bond donors (Lipinski definition) is 0. The molecule has 0 saturated heterocycles. The van der Waals surface area contributed by atoms with Crippen LogP contribution in [0.2, 0.25) is 0 Å². The Balaban J connectivity index is 3.97. The molecule has 14 heavy (non-hydrogen) atoms. The van der Waals surface area contributed by atoms with Crippen molar-refractivity contribution in [1.82, 2.24) is 4.90 Å². The maximum absolute atomic E-state index is 11.5. The van der Waals surface area contributed by atoms with E-state index >= 15 is 0 Å². The summed E-state index contributed by atoms with van der Waals surface area (Å²) in [4.78, 5) is 13.0. The maximum atomic E-state index is 11.5. The normalized spacial score (nSPS) is 10.4. The zero-order valence-electron chi connectivity index (χ0n) is 9.58. The second-order valence-electron chi connectivity index (χ2n) is 3.47. The van der Waals surface area contributed by atoms with Crippen LogP contribution in [0.15, 0.2) is 0 Å². The molecule has 1 amide bonds. The summed E-state index contributed by atoms with van der Waals surface area (Å²) >= 11 is 0. The molecule has 84 valence electrons. The fraction of sp³-hybridized carbons (Fsp3) is 0.900. The molecule has 0 rings (SSSR count). The largest absolute Gasteiger partial charge is 0.447 e. The summed E-state index contributed by atoms with van der Waals surface area (Å²) in [5.74, 6) is 0. The van der Waals surface area contributed by atoms with E-state index in [0.29, 0.717) is 13.3 Å². The third-order valence-corrected chi connectivity index (χ3v) is 1.66. The number of unbranched alkanes of at least 4 members (excludes halogenated alkanes) is 1. The molecule has 0 aromatic heterocycles. The number of rotatable bonds is 6. The van der Waals surface area contributed by atoms with E-state index < -0.39 is 0 Å². The number of amides is 1. The van der Waals surface area contributed by atoms with Crippen LogP contribution in [0.5, 0.6) is 0 Å². The van der Waals surface area contributed by atoms with E-state index in [0.717, 1.165) is 12.8 Å². The van der Waals surface area contributed by atoms with Gasteiger partial charge < -0.3 is 9.47 Å². The molecule has 0 fully saturated rings. The topological polar surface area (TPSA) is 38.8 Å². The zero-order valence-corrected chi connectivity index (χ0v) is 9.58. The average Bonchev–Trinajstić information content (AvgIpc) is 2.10. The van der Waals surface area contributed by atoms with Gasteiger partial charge in [0, 0.05) is 13.7 Å². The van der Waals surface area contributed by atoms with Crippen molar-refractivity contribution in [2.75, 3.05) is 20.4 Å². The second-order valence-corrected chi connectivity index (χ2v) is 3.47. The van der Waals surface area contributed by atoms with E-state index in [1.807, 2.05) is 13.8 Å². The first-order valence-corrected chi connectivity index (χ1v) is 5.06. The Morgan fingerprint density at radius 2 is 2.07 bits per heavy atom. The monoisotopic (exact) mass is 203 g/mol. The predicted octanol–water partition coefficient (Wildman–Crippen LogP) is 2.24. The van der Waals surface area contributed by atoms with Gasteiger partial charge in [-0.3, -0.25) is 4.90 Å². The van der Waals surface area contributed by atoms with Gasteiger partial charge in [-0.2, -0.15) is 0 Å². The van der Waals surface area contributed by atoms with Gasteiger partial charge >= 0.3 is 6.09 Å². The summed E-state index contributed by atoms with van der Waals surface area (Å²) in [6, 6.07) is 0. The molecule has 0 aliphatic carbocycles. The van der Waals surface area contributed by atoms with Gasteiger partial charge in [0.15, 0.2) is 0 Å². The Kier molecular flexibility index (Phi) is 7.20. The molecule has 0 saturated carbocycles. The highest BCUT2D eigenvalue weighted by Gasteiger charge is 2.14. The average molecular weight is 203 g/mol.